The van der Waals surface area contributed by atoms with Gasteiger partial charge >= 0.3 is 0 Å². The molecule has 0 heterocycles. The molecule has 0 unspecified atom stereocenters. The maximum atomic E-state index is 5.26. The molecule has 1 aliphatic carbocycles. The van der Waals surface area contributed by atoms with Crippen LogP contribution < -0.4 is 5.32 Å². The minimum atomic E-state index is -0.285. The highest BCUT2D eigenvalue weighted by Gasteiger charge is 2.32. The first-order valence-corrected chi connectivity index (χ1v) is 11.9. The lowest BCUT2D eigenvalue weighted by molar-refractivity contribution is 0.546. The Hall–Kier alpha value is -2.18. The third kappa shape index (κ3) is 5.74. The van der Waals surface area contributed by atoms with E-state index in [-0.39, 0.29) is 5.54 Å². The van der Waals surface area contributed by atoms with E-state index < -0.39 is 0 Å². The van der Waals surface area contributed by atoms with Crippen molar-refractivity contribution in [2.24, 2.45) is 16.8 Å². The first-order valence-electron chi connectivity index (χ1n) is 11.9. The summed E-state index contributed by atoms with van der Waals surface area (Å²) in [5, 5.41) is 3.88. The highest BCUT2D eigenvalue weighted by Crippen LogP contribution is 2.36. The molecule has 0 radical (unpaired) electrons. The summed E-state index contributed by atoms with van der Waals surface area (Å²) in [6.45, 7) is 24.6. The third-order valence-corrected chi connectivity index (χ3v) is 6.26. The quantitative estimate of drug-likeness (QED) is 0.333. The highest BCUT2D eigenvalue weighted by atomic mass is 15.0. The van der Waals surface area contributed by atoms with Gasteiger partial charge in [-0.1, -0.05) is 45.9 Å². The fraction of sp³-hybridized carbons (Fsp3) is 0.552. The van der Waals surface area contributed by atoms with Gasteiger partial charge < -0.3 is 5.32 Å². The maximum Gasteiger partial charge on any atom is 0.155 e. The Balaban J connectivity index is 2.55. The van der Waals surface area contributed by atoms with Crippen LogP contribution in [0.4, 0.5) is 5.69 Å². The van der Waals surface area contributed by atoms with Crippen molar-refractivity contribution in [2.45, 2.75) is 93.5 Å². The molecular weight excluding hydrogens is 376 g/mol. The molecule has 2 nitrogen and oxygen atoms in total. The Labute approximate surface area is 191 Å². The van der Waals surface area contributed by atoms with Gasteiger partial charge in [-0.2, -0.15) is 0 Å². The first-order chi connectivity index (χ1) is 14.4. The largest absolute Gasteiger partial charge is 0.353 e. The Bertz CT molecular complexity index is 876. The van der Waals surface area contributed by atoms with E-state index in [0.717, 1.165) is 11.4 Å². The van der Waals surface area contributed by atoms with Gasteiger partial charge in [-0.25, -0.2) is 0 Å². The molecule has 0 aliphatic heterocycles. The maximum absolute atomic E-state index is 5.26. The van der Waals surface area contributed by atoms with Crippen molar-refractivity contribution in [3.63, 3.8) is 0 Å². The van der Waals surface area contributed by atoms with Crippen LogP contribution in [0.15, 0.2) is 52.2 Å². The summed E-state index contributed by atoms with van der Waals surface area (Å²) in [5.74, 6) is 1.73. The van der Waals surface area contributed by atoms with Crippen LogP contribution in [-0.4, -0.2) is 11.3 Å². The molecule has 1 aromatic rings. The number of aliphatic imine (C=N–C) groups is 1. The van der Waals surface area contributed by atoms with Crippen molar-refractivity contribution in [3.8, 4) is 0 Å². The van der Waals surface area contributed by atoms with Gasteiger partial charge in [0.1, 0.15) is 12.2 Å². The molecule has 0 aromatic heterocycles. The van der Waals surface area contributed by atoms with Gasteiger partial charge in [-0.05, 0) is 71.4 Å². The molecule has 0 saturated heterocycles. The van der Waals surface area contributed by atoms with Crippen molar-refractivity contribution in [1.82, 2.24) is 5.32 Å². The average Bonchev–Trinajstić information content (AvgIpc) is 2.67. The van der Waals surface area contributed by atoms with Crippen molar-refractivity contribution in [2.75, 3.05) is 0 Å². The van der Waals surface area contributed by atoms with Crippen molar-refractivity contribution < 1.29 is 0 Å². The summed E-state index contributed by atoms with van der Waals surface area (Å²) in [5.41, 5.74) is 8.48. The van der Waals surface area contributed by atoms with E-state index in [1.807, 2.05) is 0 Å². The molecule has 0 atom stereocenters. The first kappa shape index (κ1) is 25.1. The number of hydrogen-bond acceptors (Lipinski definition) is 2. The fourth-order valence-corrected chi connectivity index (χ4v) is 3.94. The number of rotatable bonds is 8. The lowest BCUT2D eigenvalue weighted by Gasteiger charge is -2.30. The molecule has 1 aromatic carbocycles. The second kappa shape index (κ2) is 9.96. The van der Waals surface area contributed by atoms with E-state index in [0.29, 0.717) is 23.7 Å². The molecule has 0 fully saturated rings. The number of nitrogens with one attached hydrogen (secondary N) is 1. The lowest BCUT2D eigenvalue weighted by atomic mass is 9.86. The average molecular weight is 420 g/mol. The second-order valence-electron chi connectivity index (χ2n) is 10.6. The van der Waals surface area contributed by atoms with Crippen molar-refractivity contribution in [3.05, 3.63) is 64.4 Å². The van der Waals surface area contributed by atoms with Crippen molar-refractivity contribution >= 4 is 11.4 Å². The predicted molar refractivity (Wildman–Crippen MR) is 137 cm³/mol. The zero-order chi connectivity index (χ0) is 23.5. The summed E-state index contributed by atoms with van der Waals surface area (Å²) in [4.78, 5) is 5.26. The zero-order valence-electron chi connectivity index (χ0n) is 21.6. The topological polar surface area (TPSA) is 24.4 Å². The van der Waals surface area contributed by atoms with Gasteiger partial charge in [0.2, 0.25) is 0 Å². The molecular formula is C29H43N2+. The molecule has 2 heteroatoms. The minimum absolute atomic E-state index is 0.285. The number of benzene rings is 1. The van der Waals surface area contributed by atoms with Crippen LogP contribution in [0.5, 0.6) is 0 Å². The molecule has 168 valence electrons. The lowest BCUT2D eigenvalue weighted by Crippen LogP contribution is -2.46. The monoisotopic (exact) mass is 419 g/mol. The summed E-state index contributed by atoms with van der Waals surface area (Å²) < 4.78 is 0. The van der Waals surface area contributed by atoms with Crippen LogP contribution in [0.25, 0.3) is 0 Å². The number of allylic oxidation sites excluding steroid dienone is 5. The molecule has 1 aliphatic rings. The van der Waals surface area contributed by atoms with E-state index in [2.05, 4.69) is 118 Å². The molecule has 0 saturated carbocycles. The molecule has 31 heavy (non-hydrogen) atoms. The molecule has 0 bridgehead atoms. The molecule has 1 N–H and O–H groups in total. The number of nitrogens with zero attached hydrogens (tertiary/aromatic N) is 1. The summed E-state index contributed by atoms with van der Waals surface area (Å²) in [6.07, 6.45) is 7.62. The Morgan fingerprint density at radius 1 is 0.871 bits per heavy atom. The zero-order valence-corrected chi connectivity index (χ0v) is 21.6. The standard InChI is InChI=1S/C29H43N2/c1-18(2)23-14-12-15-24(19(3)4)27(23)30-22(9)29(10,11)31-28-25(20(5)6)16-13-17-26(28)21(7)8/h12,14-21,31H,1-11H3/q+1. The van der Waals surface area contributed by atoms with Crippen LogP contribution in [-0.2, 0) is 0 Å². The van der Waals surface area contributed by atoms with Crippen molar-refractivity contribution in [1.29, 1.82) is 0 Å². The van der Waals surface area contributed by atoms with E-state index in [9.17, 15) is 0 Å². The predicted octanol–water partition coefficient (Wildman–Crippen LogP) is 8.26. The molecule has 2 rings (SSSR count). The van der Waals surface area contributed by atoms with Crippen LogP contribution in [0.1, 0.15) is 99.1 Å². The van der Waals surface area contributed by atoms with E-state index >= 15 is 0 Å². The normalized spacial score (nSPS) is 15.3. The second-order valence-corrected chi connectivity index (χ2v) is 10.6. The minimum Gasteiger partial charge on any atom is -0.353 e. The van der Waals surface area contributed by atoms with Gasteiger partial charge in [0.15, 0.2) is 5.70 Å². The van der Waals surface area contributed by atoms with E-state index in [1.54, 1.807) is 0 Å². The van der Waals surface area contributed by atoms with E-state index in [1.165, 1.54) is 28.0 Å². The van der Waals surface area contributed by atoms with Crippen LogP contribution >= 0.6 is 0 Å². The SMILES string of the molecule is CC(=Nc1c(C(C)C)cccc1C(C)C)C(C)(C)NC1=C(C(C)C)C=[C+]C=C1C(C)C. The Morgan fingerprint density at radius 2 is 1.42 bits per heavy atom. The van der Waals surface area contributed by atoms with Gasteiger partial charge in [0.05, 0.1) is 22.4 Å². The fourth-order valence-electron chi connectivity index (χ4n) is 3.94. The Kier molecular flexibility index (Phi) is 8.06. The van der Waals surface area contributed by atoms with Crippen LogP contribution in [0.3, 0.4) is 0 Å². The molecule has 0 amide bonds. The Morgan fingerprint density at radius 3 is 1.87 bits per heavy atom. The van der Waals surface area contributed by atoms with Gasteiger partial charge in [-0.3, -0.25) is 4.99 Å². The van der Waals surface area contributed by atoms with Gasteiger partial charge in [-0.15, -0.1) is 0 Å². The van der Waals surface area contributed by atoms with Crippen LogP contribution in [0.2, 0.25) is 0 Å². The summed E-state index contributed by atoms with van der Waals surface area (Å²) >= 11 is 0. The van der Waals surface area contributed by atoms with Crippen LogP contribution in [0, 0.1) is 17.9 Å². The summed E-state index contributed by atoms with van der Waals surface area (Å²) in [6, 6.07) is 6.63. The van der Waals surface area contributed by atoms with E-state index in [4.69, 9.17) is 4.99 Å². The number of hydrogen-bond donors (Lipinski definition) is 1. The third-order valence-electron chi connectivity index (χ3n) is 6.26. The molecule has 0 spiro atoms. The van der Waals surface area contributed by atoms with Gasteiger partial charge in [0, 0.05) is 23.6 Å². The number of para-hydroxylation sites is 1. The highest BCUT2D eigenvalue weighted by molar-refractivity contribution is 5.93. The summed E-state index contributed by atoms with van der Waals surface area (Å²) in [7, 11) is 0. The smallest absolute Gasteiger partial charge is 0.155 e. The van der Waals surface area contributed by atoms with Gasteiger partial charge in [0.25, 0.3) is 0 Å².